The lowest BCUT2D eigenvalue weighted by Gasteiger charge is -2.33. The third-order valence-electron chi connectivity index (χ3n) is 4.02. The Balaban J connectivity index is 1.86. The fourth-order valence-electron chi connectivity index (χ4n) is 2.71. The Hall–Kier alpha value is -0.610. The Kier molecular flexibility index (Phi) is 3.82. The third kappa shape index (κ3) is 2.38. The van der Waals surface area contributed by atoms with Gasteiger partial charge in [0.1, 0.15) is 0 Å². The van der Waals surface area contributed by atoms with Gasteiger partial charge in [-0.2, -0.15) is 0 Å². The van der Waals surface area contributed by atoms with E-state index in [0.717, 1.165) is 39.0 Å². The van der Waals surface area contributed by atoms with Crippen molar-refractivity contribution >= 4 is 5.91 Å². The van der Waals surface area contributed by atoms with Crippen LogP contribution in [-0.2, 0) is 4.79 Å². The molecule has 16 heavy (non-hydrogen) atoms. The van der Waals surface area contributed by atoms with Crippen LogP contribution in [-0.4, -0.2) is 48.7 Å². The van der Waals surface area contributed by atoms with E-state index in [0.29, 0.717) is 17.7 Å². The third-order valence-corrected chi connectivity index (χ3v) is 4.02. The molecular weight excluding hydrogens is 204 g/mol. The van der Waals surface area contributed by atoms with E-state index in [4.69, 9.17) is 5.11 Å². The summed E-state index contributed by atoms with van der Waals surface area (Å²) in [4.78, 5) is 14.2. The average molecular weight is 226 g/mol. The number of likely N-dealkylation sites (tertiary alicyclic amines) is 1. The number of aliphatic hydroxyl groups is 1. The fraction of sp³-hybridized carbons (Fsp3) is 0.917. The quantitative estimate of drug-likeness (QED) is 0.701. The second-order valence-electron chi connectivity index (χ2n) is 5.19. The molecule has 0 spiro atoms. The van der Waals surface area contributed by atoms with Crippen molar-refractivity contribution in [3.05, 3.63) is 0 Å². The molecule has 0 radical (unpaired) electrons. The number of carbonyl (C=O) groups excluding carboxylic acids is 1. The summed E-state index contributed by atoms with van der Waals surface area (Å²) in [7, 11) is 0. The molecule has 2 heterocycles. The summed E-state index contributed by atoms with van der Waals surface area (Å²) in [5.74, 6) is 1.35. The van der Waals surface area contributed by atoms with Gasteiger partial charge in [0.25, 0.3) is 0 Å². The average Bonchev–Trinajstić information content (AvgIpc) is 2.75. The second-order valence-corrected chi connectivity index (χ2v) is 5.19. The highest BCUT2D eigenvalue weighted by atomic mass is 16.3. The minimum absolute atomic E-state index is 0.172. The monoisotopic (exact) mass is 226 g/mol. The van der Waals surface area contributed by atoms with Crippen LogP contribution in [0.25, 0.3) is 0 Å². The van der Waals surface area contributed by atoms with Crippen molar-refractivity contribution < 1.29 is 9.90 Å². The summed E-state index contributed by atoms with van der Waals surface area (Å²) in [6.45, 7) is 5.86. The molecule has 0 aromatic rings. The van der Waals surface area contributed by atoms with Gasteiger partial charge in [-0.1, -0.05) is 6.92 Å². The van der Waals surface area contributed by atoms with Gasteiger partial charge < -0.3 is 15.3 Å². The van der Waals surface area contributed by atoms with Crippen molar-refractivity contribution in [1.82, 2.24) is 10.2 Å². The lowest BCUT2D eigenvalue weighted by Crippen LogP contribution is -2.44. The van der Waals surface area contributed by atoms with Crippen molar-refractivity contribution in [3.8, 4) is 0 Å². The highest BCUT2D eigenvalue weighted by Gasteiger charge is 2.34. The molecule has 0 saturated carbocycles. The van der Waals surface area contributed by atoms with E-state index >= 15 is 0 Å². The largest absolute Gasteiger partial charge is 0.396 e. The van der Waals surface area contributed by atoms with Crippen LogP contribution in [0.1, 0.15) is 19.8 Å². The number of hydrogen-bond acceptors (Lipinski definition) is 3. The van der Waals surface area contributed by atoms with E-state index in [1.54, 1.807) is 0 Å². The van der Waals surface area contributed by atoms with Gasteiger partial charge in [0.15, 0.2) is 0 Å². The summed E-state index contributed by atoms with van der Waals surface area (Å²) < 4.78 is 0. The molecule has 2 saturated heterocycles. The van der Waals surface area contributed by atoms with Crippen LogP contribution in [0.3, 0.4) is 0 Å². The van der Waals surface area contributed by atoms with Gasteiger partial charge in [0.2, 0.25) is 5.91 Å². The topological polar surface area (TPSA) is 52.6 Å². The first-order chi connectivity index (χ1) is 7.72. The molecule has 0 aromatic heterocycles. The number of rotatable bonds is 2. The Morgan fingerprint density at radius 1 is 1.38 bits per heavy atom. The second kappa shape index (κ2) is 5.15. The highest BCUT2D eigenvalue weighted by molar-refractivity contribution is 5.79. The Labute approximate surface area is 97.0 Å². The maximum atomic E-state index is 12.2. The van der Waals surface area contributed by atoms with Crippen molar-refractivity contribution in [2.75, 3.05) is 32.8 Å². The van der Waals surface area contributed by atoms with Crippen LogP contribution in [0, 0.1) is 17.8 Å². The molecule has 0 bridgehead atoms. The number of nitrogens with one attached hydrogen (secondary N) is 1. The van der Waals surface area contributed by atoms with Crippen molar-refractivity contribution in [1.29, 1.82) is 0 Å². The maximum absolute atomic E-state index is 12.2. The lowest BCUT2D eigenvalue weighted by atomic mass is 9.93. The molecule has 4 nitrogen and oxygen atoms in total. The Bertz CT molecular complexity index is 249. The molecule has 2 atom stereocenters. The number of nitrogens with zero attached hydrogens (tertiary/aromatic N) is 1. The number of hydrogen-bond donors (Lipinski definition) is 2. The van der Waals surface area contributed by atoms with E-state index in [1.807, 2.05) is 4.90 Å². The standard InChI is InChI=1S/C12H22N2O2/c1-9-6-13-7-11(9)12(16)14-4-2-10(8-15)3-5-14/h9-11,13,15H,2-8H2,1H3/t9-,11-/m1/s1. The first kappa shape index (κ1) is 11.9. The molecule has 0 aromatic carbocycles. The molecule has 1 amide bonds. The van der Waals surface area contributed by atoms with Crippen LogP contribution in [0.15, 0.2) is 0 Å². The van der Waals surface area contributed by atoms with E-state index in [1.165, 1.54) is 0 Å². The zero-order chi connectivity index (χ0) is 11.5. The van der Waals surface area contributed by atoms with Crippen molar-refractivity contribution in [2.24, 2.45) is 17.8 Å². The molecule has 2 aliphatic rings. The van der Waals surface area contributed by atoms with Gasteiger partial charge >= 0.3 is 0 Å². The first-order valence-corrected chi connectivity index (χ1v) is 6.32. The number of piperidine rings is 1. The van der Waals surface area contributed by atoms with Crippen LogP contribution in [0.2, 0.25) is 0 Å². The van der Waals surface area contributed by atoms with Gasteiger partial charge in [-0.05, 0) is 31.2 Å². The minimum Gasteiger partial charge on any atom is -0.396 e. The minimum atomic E-state index is 0.172. The maximum Gasteiger partial charge on any atom is 0.227 e. The highest BCUT2D eigenvalue weighted by Crippen LogP contribution is 2.23. The molecule has 2 rings (SSSR count). The van der Waals surface area contributed by atoms with Crippen LogP contribution in [0.4, 0.5) is 0 Å². The van der Waals surface area contributed by atoms with Gasteiger partial charge in [0.05, 0.1) is 5.92 Å². The van der Waals surface area contributed by atoms with Crippen LogP contribution >= 0.6 is 0 Å². The normalized spacial score (nSPS) is 32.0. The first-order valence-electron chi connectivity index (χ1n) is 6.32. The van der Waals surface area contributed by atoms with Gasteiger partial charge in [-0.25, -0.2) is 0 Å². The molecule has 4 heteroatoms. The summed E-state index contributed by atoms with van der Waals surface area (Å²) >= 11 is 0. The summed E-state index contributed by atoms with van der Waals surface area (Å²) in [6.07, 6.45) is 1.91. The van der Waals surface area contributed by atoms with E-state index in [9.17, 15) is 4.79 Å². The Morgan fingerprint density at radius 2 is 2.06 bits per heavy atom. The van der Waals surface area contributed by atoms with Crippen molar-refractivity contribution in [2.45, 2.75) is 19.8 Å². The molecule has 2 aliphatic heterocycles. The smallest absolute Gasteiger partial charge is 0.227 e. The Morgan fingerprint density at radius 3 is 2.56 bits per heavy atom. The summed E-state index contributed by atoms with van der Waals surface area (Å²) in [6, 6.07) is 0. The zero-order valence-electron chi connectivity index (χ0n) is 9.98. The molecule has 0 aliphatic carbocycles. The van der Waals surface area contributed by atoms with E-state index in [-0.39, 0.29) is 12.5 Å². The van der Waals surface area contributed by atoms with Gasteiger partial charge in [0, 0.05) is 26.2 Å². The number of aliphatic hydroxyl groups excluding tert-OH is 1. The van der Waals surface area contributed by atoms with Gasteiger partial charge in [-0.15, -0.1) is 0 Å². The summed E-state index contributed by atoms with van der Waals surface area (Å²) in [5, 5.41) is 12.3. The molecule has 2 fully saturated rings. The molecule has 92 valence electrons. The molecule has 2 N–H and O–H groups in total. The van der Waals surface area contributed by atoms with Crippen LogP contribution in [0.5, 0.6) is 0 Å². The van der Waals surface area contributed by atoms with E-state index < -0.39 is 0 Å². The lowest BCUT2D eigenvalue weighted by molar-refractivity contribution is -0.137. The van der Waals surface area contributed by atoms with Crippen molar-refractivity contribution in [3.63, 3.8) is 0 Å². The van der Waals surface area contributed by atoms with Crippen LogP contribution < -0.4 is 5.32 Å². The number of carbonyl (C=O) groups is 1. The van der Waals surface area contributed by atoms with Gasteiger partial charge in [-0.3, -0.25) is 4.79 Å². The molecule has 0 unspecified atom stereocenters. The summed E-state index contributed by atoms with van der Waals surface area (Å²) in [5.41, 5.74) is 0. The molecular formula is C12H22N2O2. The predicted molar refractivity (Wildman–Crippen MR) is 61.9 cm³/mol. The zero-order valence-corrected chi connectivity index (χ0v) is 9.98. The SMILES string of the molecule is C[C@@H]1CNC[C@H]1C(=O)N1CCC(CO)CC1. The van der Waals surface area contributed by atoms with E-state index in [2.05, 4.69) is 12.2 Å². The fourth-order valence-corrected chi connectivity index (χ4v) is 2.71. The number of amides is 1. The predicted octanol–water partition coefficient (Wildman–Crippen LogP) is 0.0728.